The van der Waals surface area contributed by atoms with E-state index < -0.39 is 35.2 Å². The second-order valence-electron chi connectivity index (χ2n) is 5.90. The van der Waals surface area contributed by atoms with Crippen LogP contribution in [0.4, 0.5) is 0 Å². The summed E-state index contributed by atoms with van der Waals surface area (Å²) in [5.41, 5.74) is 0. The van der Waals surface area contributed by atoms with Crippen molar-refractivity contribution in [2.45, 2.75) is 71.4 Å². The van der Waals surface area contributed by atoms with Crippen LogP contribution in [-0.2, 0) is 9.59 Å². The predicted molar refractivity (Wildman–Crippen MR) is 86.3 cm³/mol. The maximum absolute atomic E-state index is 11.6. The van der Waals surface area contributed by atoms with Gasteiger partial charge in [-0.25, -0.2) is 4.79 Å². The molecule has 0 aliphatic carbocycles. The maximum atomic E-state index is 11.6. The molecule has 0 heterocycles. The first kappa shape index (κ1) is 25.8. The van der Waals surface area contributed by atoms with Crippen molar-refractivity contribution in [3.05, 3.63) is 12.2 Å². The number of carboxylic acids is 2. The summed E-state index contributed by atoms with van der Waals surface area (Å²) in [5.74, 6) is -2.42. The van der Waals surface area contributed by atoms with Crippen molar-refractivity contribution in [1.29, 1.82) is 0 Å². The summed E-state index contributed by atoms with van der Waals surface area (Å²) < 4.78 is -0.422. The molecule has 3 unspecified atom stereocenters. The van der Waals surface area contributed by atoms with Crippen LogP contribution >= 0.6 is 0 Å². The Kier molecular flexibility index (Phi) is 14.9. The molecule has 0 spiro atoms. The number of carboxylic acid groups (broad SMARTS) is 2. The normalized spacial score (nSPS) is 16.2. The number of nitrogens with zero attached hydrogens (tertiary/aromatic N) is 1. The minimum atomic E-state index is -1.32. The minimum absolute atomic E-state index is 0. The van der Waals surface area contributed by atoms with Gasteiger partial charge in [0.1, 0.15) is 12.6 Å². The van der Waals surface area contributed by atoms with Gasteiger partial charge in [-0.05, 0) is 18.9 Å². The summed E-state index contributed by atoms with van der Waals surface area (Å²) in [5, 5.41) is 30.9. The number of unbranched alkanes of at least 4 members (excludes halogenated alkanes) is 3. The van der Waals surface area contributed by atoms with Gasteiger partial charge in [0, 0.05) is 12.8 Å². The van der Waals surface area contributed by atoms with E-state index in [0.29, 0.717) is 0 Å². The van der Waals surface area contributed by atoms with Crippen LogP contribution in [0.5, 0.6) is 0 Å². The fourth-order valence-corrected chi connectivity index (χ4v) is 3.13. The van der Waals surface area contributed by atoms with Crippen molar-refractivity contribution in [2.75, 3.05) is 13.3 Å². The van der Waals surface area contributed by atoms with Crippen molar-refractivity contribution in [2.24, 2.45) is 0 Å². The molecule has 24 heavy (non-hydrogen) atoms. The van der Waals surface area contributed by atoms with Crippen LogP contribution in [0.1, 0.15) is 59.3 Å². The van der Waals surface area contributed by atoms with Gasteiger partial charge in [-0.3, -0.25) is 4.48 Å². The third-order valence-corrected chi connectivity index (χ3v) is 4.42. The van der Waals surface area contributed by atoms with E-state index in [0.717, 1.165) is 25.7 Å². The zero-order valence-corrected chi connectivity index (χ0v) is 17.5. The fraction of sp³-hybridized carbons (Fsp3) is 0.765. The van der Waals surface area contributed by atoms with Crippen LogP contribution in [-0.4, -0.2) is 52.0 Å². The number of carbonyl (C=O) groups is 2. The molecule has 0 aromatic carbocycles. The quantitative estimate of drug-likeness (QED) is 0.135. The molecule has 3 atom stereocenters. The Morgan fingerprint density at radius 2 is 1.67 bits per heavy atom. The number of aliphatic carboxylic acids is 2. The van der Waals surface area contributed by atoms with Crippen LogP contribution in [0.3, 0.4) is 0 Å². The largest absolute Gasteiger partial charge is 1.00 e. The van der Waals surface area contributed by atoms with E-state index in [4.69, 9.17) is 0 Å². The molecule has 0 aromatic rings. The van der Waals surface area contributed by atoms with E-state index in [1.54, 1.807) is 19.9 Å². The van der Waals surface area contributed by atoms with Gasteiger partial charge in [-0.15, -0.1) is 0 Å². The second-order valence-corrected chi connectivity index (χ2v) is 5.90. The Hall–Kier alpha value is -0.400. The van der Waals surface area contributed by atoms with E-state index in [2.05, 4.69) is 6.92 Å². The number of aliphatic hydroxyl groups excluding tert-OH is 1. The molecule has 0 fully saturated rings. The molecule has 0 aliphatic heterocycles. The van der Waals surface area contributed by atoms with Gasteiger partial charge in [-0.1, -0.05) is 39.7 Å². The van der Waals surface area contributed by atoms with Gasteiger partial charge in [0.15, 0.2) is 12.8 Å². The van der Waals surface area contributed by atoms with Crippen LogP contribution in [0.2, 0.25) is 0 Å². The molecule has 7 heteroatoms. The molecule has 0 aromatic heterocycles. The first-order valence-corrected chi connectivity index (χ1v) is 8.47. The van der Waals surface area contributed by atoms with Crippen molar-refractivity contribution < 1.29 is 58.9 Å². The van der Waals surface area contributed by atoms with Gasteiger partial charge < -0.3 is 20.1 Å². The number of hydrogen-bond acceptors (Lipinski definition) is 4. The molecule has 0 aliphatic rings. The van der Waals surface area contributed by atoms with E-state index in [1.807, 2.05) is 6.08 Å². The molecule has 0 radical (unpaired) electrons. The summed E-state index contributed by atoms with van der Waals surface area (Å²) >= 11 is 0. The number of aliphatic hydroxyl groups is 1. The average Bonchev–Trinajstić information content (AvgIpc) is 2.50. The molecule has 0 rings (SSSR count). The van der Waals surface area contributed by atoms with Crippen LogP contribution in [0.25, 0.3) is 0 Å². The molecule has 0 amide bonds. The zero-order chi connectivity index (χ0) is 17.9. The first-order chi connectivity index (χ1) is 10.9. The Balaban J connectivity index is 0. The molecule has 6 nitrogen and oxygen atoms in total. The number of hydrogen-bond donors (Lipinski definition) is 2. The third-order valence-electron chi connectivity index (χ3n) is 4.42. The molecule has 2 N–H and O–H groups in total. The Morgan fingerprint density at radius 1 is 1.08 bits per heavy atom. The van der Waals surface area contributed by atoms with Gasteiger partial charge in [0.25, 0.3) is 0 Å². The summed E-state index contributed by atoms with van der Waals surface area (Å²) in [6.07, 6.45) is 8.32. The SMILES string of the molecule is CCCCC/C=C/C[N+](CO)(C(CC)C(=O)[O-])C(CC)C(=O)O.[Na+]. The molecule has 0 bridgehead atoms. The standard InChI is InChI=1S/C17H31NO5.Na/c1-4-7-8-9-10-11-12-18(13-19,14(5-2)16(20)21)15(6-3)17(22)23;/h10-11,14-15,19H,4-9,12-13H2,1-3H3,(H-,20,21,22,23);/q;+1/b11-10+;. The van der Waals surface area contributed by atoms with Gasteiger partial charge in [0.2, 0.25) is 0 Å². The Labute approximate surface area is 167 Å². The summed E-state index contributed by atoms with van der Waals surface area (Å²) in [6.45, 7) is 5.09. The first-order valence-electron chi connectivity index (χ1n) is 8.47. The van der Waals surface area contributed by atoms with Crippen molar-refractivity contribution in [1.82, 2.24) is 0 Å². The molecule has 0 saturated heterocycles. The summed E-state index contributed by atoms with van der Waals surface area (Å²) in [6, 6.07) is -2.04. The minimum Gasteiger partial charge on any atom is -0.544 e. The molecule has 134 valence electrons. The Bertz CT molecular complexity index is 378. The Morgan fingerprint density at radius 3 is 2.04 bits per heavy atom. The number of quaternary nitrogens is 1. The monoisotopic (exact) mass is 352 g/mol. The zero-order valence-electron chi connectivity index (χ0n) is 15.5. The van der Waals surface area contributed by atoms with E-state index in [-0.39, 0.29) is 48.9 Å². The second kappa shape index (κ2) is 13.8. The van der Waals surface area contributed by atoms with E-state index >= 15 is 0 Å². The molecular weight excluding hydrogens is 321 g/mol. The van der Waals surface area contributed by atoms with Crippen LogP contribution in [0.15, 0.2) is 12.2 Å². The topological polar surface area (TPSA) is 97.7 Å². The van der Waals surface area contributed by atoms with Crippen LogP contribution in [0, 0.1) is 0 Å². The van der Waals surface area contributed by atoms with Crippen molar-refractivity contribution >= 4 is 11.9 Å². The summed E-state index contributed by atoms with van der Waals surface area (Å²) in [7, 11) is 0. The van der Waals surface area contributed by atoms with E-state index in [9.17, 15) is 24.9 Å². The van der Waals surface area contributed by atoms with Crippen molar-refractivity contribution in [3.8, 4) is 0 Å². The fourth-order valence-electron chi connectivity index (χ4n) is 3.13. The smallest absolute Gasteiger partial charge is 0.544 e. The van der Waals surface area contributed by atoms with Crippen LogP contribution < -0.4 is 34.7 Å². The number of carbonyl (C=O) groups excluding carboxylic acids is 1. The summed E-state index contributed by atoms with van der Waals surface area (Å²) in [4.78, 5) is 23.1. The number of allylic oxidation sites excluding steroid dienone is 1. The average molecular weight is 352 g/mol. The van der Waals surface area contributed by atoms with Gasteiger partial charge >= 0.3 is 35.5 Å². The van der Waals surface area contributed by atoms with E-state index in [1.165, 1.54) is 0 Å². The molecule has 0 saturated carbocycles. The van der Waals surface area contributed by atoms with Crippen molar-refractivity contribution in [3.63, 3.8) is 0 Å². The third kappa shape index (κ3) is 7.23. The van der Waals surface area contributed by atoms with Gasteiger partial charge in [-0.2, -0.15) is 0 Å². The maximum Gasteiger partial charge on any atom is 1.00 e. The molecular formula is C17H31NNaO5+. The van der Waals surface area contributed by atoms with Gasteiger partial charge in [0.05, 0.1) is 5.97 Å². The predicted octanol–water partition coefficient (Wildman–Crippen LogP) is -1.71. The number of rotatable bonds is 13.